The number of carbonyl (C=O) groups excluding carboxylic acids is 1. The van der Waals surface area contributed by atoms with E-state index < -0.39 is 5.25 Å². The molecule has 1 heterocycles. The number of aromatic nitrogens is 2. The predicted octanol–water partition coefficient (Wildman–Crippen LogP) is 4.21. The minimum absolute atomic E-state index is 0.164. The Bertz CT molecular complexity index is 1120. The molecule has 0 saturated carbocycles. The van der Waals surface area contributed by atoms with Crippen LogP contribution in [0.15, 0.2) is 52.4 Å². The Morgan fingerprint density at radius 3 is 2.65 bits per heavy atom. The van der Waals surface area contributed by atoms with Gasteiger partial charge in [0.15, 0.2) is 5.16 Å². The average molecular weight is 462 g/mol. The molecule has 2 aromatic carbocycles. The summed E-state index contributed by atoms with van der Waals surface area (Å²) in [7, 11) is 3.20. The van der Waals surface area contributed by atoms with Gasteiger partial charge in [-0.2, -0.15) is 0 Å². The molecule has 0 bridgehead atoms. The third-order valence-corrected chi connectivity index (χ3v) is 5.95. The number of anilines is 1. The maximum atomic E-state index is 13.1. The van der Waals surface area contributed by atoms with E-state index in [-0.39, 0.29) is 11.5 Å². The van der Waals surface area contributed by atoms with Gasteiger partial charge in [0.25, 0.3) is 5.56 Å². The first kappa shape index (κ1) is 23.1. The molecule has 1 atom stereocenters. The number of benzene rings is 2. The lowest BCUT2D eigenvalue weighted by Crippen LogP contribution is -2.27. The number of amides is 1. The summed E-state index contributed by atoms with van der Waals surface area (Å²) in [5.41, 5.74) is 1.00. The number of halogens is 1. The molecule has 0 saturated heterocycles. The van der Waals surface area contributed by atoms with E-state index in [1.165, 1.54) is 11.8 Å². The van der Waals surface area contributed by atoms with Gasteiger partial charge in [-0.25, -0.2) is 4.98 Å². The van der Waals surface area contributed by atoms with Crippen LogP contribution in [0.25, 0.3) is 10.9 Å². The summed E-state index contributed by atoms with van der Waals surface area (Å²) < 4.78 is 11.8. The van der Waals surface area contributed by atoms with Gasteiger partial charge in [0.05, 0.1) is 23.3 Å². The van der Waals surface area contributed by atoms with Crippen LogP contribution in [0.2, 0.25) is 5.02 Å². The molecule has 0 fully saturated rings. The second kappa shape index (κ2) is 10.7. The Kier molecular flexibility index (Phi) is 7.95. The highest BCUT2D eigenvalue weighted by Gasteiger charge is 2.20. The minimum Gasteiger partial charge on any atom is -0.497 e. The number of carbonyl (C=O) groups is 1. The zero-order valence-corrected chi connectivity index (χ0v) is 19.1. The third-order valence-electron chi connectivity index (χ3n) is 4.62. The van der Waals surface area contributed by atoms with Gasteiger partial charge in [0.1, 0.15) is 5.75 Å². The van der Waals surface area contributed by atoms with E-state index in [9.17, 15) is 9.59 Å². The number of nitrogens with zero attached hydrogens (tertiary/aromatic N) is 2. The van der Waals surface area contributed by atoms with Crippen LogP contribution in [0, 0.1) is 0 Å². The molecule has 3 aromatic rings. The second-order valence-electron chi connectivity index (χ2n) is 6.84. The van der Waals surface area contributed by atoms with Crippen LogP contribution in [0.3, 0.4) is 0 Å². The molecule has 1 N–H and O–H groups in total. The molecule has 0 aliphatic heterocycles. The van der Waals surface area contributed by atoms with Gasteiger partial charge >= 0.3 is 0 Å². The molecule has 0 aliphatic carbocycles. The molecule has 1 amide bonds. The number of fused-ring (bicyclic) bond motifs is 1. The summed E-state index contributed by atoms with van der Waals surface area (Å²) in [5.74, 6) is 0.513. The second-order valence-corrected chi connectivity index (χ2v) is 8.58. The molecule has 0 spiro atoms. The normalized spacial score (nSPS) is 12.0. The number of ether oxygens (including phenoxy) is 2. The summed E-state index contributed by atoms with van der Waals surface area (Å²) in [4.78, 5) is 30.4. The SMILES string of the molecule is COCCCn1c(SC(C)C(=O)Nc2ccc(OC)cc2)nc2cc(Cl)ccc2c1=O. The van der Waals surface area contributed by atoms with Gasteiger partial charge < -0.3 is 14.8 Å². The standard InChI is InChI=1S/C22H24ClN3O4S/c1-14(20(27)24-16-6-8-17(30-3)9-7-16)31-22-25-19-13-15(23)5-10-18(19)21(28)26(22)11-4-12-29-2/h5-10,13-14H,4,11-12H2,1-3H3,(H,24,27). The quantitative estimate of drug-likeness (QED) is 0.292. The van der Waals surface area contributed by atoms with Crippen LogP contribution in [0.4, 0.5) is 5.69 Å². The van der Waals surface area contributed by atoms with E-state index in [1.54, 1.807) is 68.2 Å². The zero-order chi connectivity index (χ0) is 22.4. The van der Waals surface area contributed by atoms with Crippen molar-refractivity contribution in [2.75, 3.05) is 26.1 Å². The van der Waals surface area contributed by atoms with Crippen molar-refractivity contribution >= 4 is 45.9 Å². The number of hydrogen-bond acceptors (Lipinski definition) is 6. The lowest BCUT2D eigenvalue weighted by atomic mass is 10.2. The summed E-state index contributed by atoms with van der Waals surface area (Å²) in [6.07, 6.45) is 0.650. The molecule has 0 aliphatic rings. The molecular weight excluding hydrogens is 438 g/mol. The lowest BCUT2D eigenvalue weighted by molar-refractivity contribution is -0.115. The van der Waals surface area contributed by atoms with Gasteiger partial charge in [-0.1, -0.05) is 23.4 Å². The Morgan fingerprint density at radius 1 is 1.23 bits per heavy atom. The maximum Gasteiger partial charge on any atom is 0.262 e. The zero-order valence-electron chi connectivity index (χ0n) is 17.6. The fourth-order valence-electron chi connectivity index (χ4n) is 2.96. The molecule has 9 heteroatoms. The predicted molar refractivity (Wildman–Crippen MR) is 124 cm³/mol. The number of thioether (sulfide) groups is 1. The molecule has 164 valence electrons. The first-order chi connectivity index (χ1) is 14.9. The Hall–Kier alpha value is -2.55. The first-order valence-corrected chi connectivity index (χ1v) is 11.0. The highest BCUT2D eigenvalue weighted by atomic mass is 35.5. The monoisotopic (exact) mass is 461 g/mol. The Balaban J connectivity index is 1.85. The van der Waals surface area contributed by atoms with Gasteiger partial charge in [-0.3, -0.25) is 14.2 Å². The largest absolute Gasteiger partial charge is 0.497 e. The highest BCUT2D eigenvalue weighted by molar-refractivity contribution is 8.00. The average Bonchev–Trinajstić information content (AvgIpc) is 2.76. The van der Waals surface area contributed by atoms with Crippen LogP contribution >= 0.6 is 23.4 Å². The summed E-state index contributed by atoms with van der Waals surface area (Å²) in [5, 5.41) is 3.84. The third kappa shape index (κ3) is 5.78. The Morgan fingerprint density at radius 2 is 1.97 bits per heavy atom. The van der Waals surface area contributed by atoms with Crippen molar-refractivity contribution in [1.29, 1.82) is 0 Å². The van der Waals surface area contributed by atoms with Crippen molar-refractivity contribution in [3.05, 3.63) is 57.8 Å². The number of hydrogen-bond donors (Lipinski definition) is 1. The van der Waals surface area contributed by atoms with Crippen molar-refractivity contribution < 1.29 is 14.3 Å². The van der Waals surface area contributed by atoms with Crippen molar-refractivity contribution in [2.24, 2.45) is 0 Å². The van der Waals surface area contributed by atoms with E-state index in [0.29, 0.717) is 52.1 Å². The molecule has 31 heavy (non-hydrogen) atoms. The van der Waals surface area contributed by atoms with Crippen LogP contribution in [0.1, 0.15) is 13.3 Å². The Labute approximate surface area is 189 Å². The highest BCUT2D eigenvalue weighted by Crippen LogP contribution is 2.25. The summed E-state index contributed by atoms with van der Waals surface area (Å²) in [6, 6.07) is 12.1. The molecule has 1 aromatic heterocycles. The molecule has 7 nitrogen and oxygen atoms in total. The van der Waals surface area contributed by atoms with E-state index in [0.717, 1.165) is 0 Å². The van der Waals surface area contributed by atoms with Crippen molar-refractivity contribution in [1.82, 2.24) is 9.55 Å². The van der Waals surface area contributed by atoms with Crippen molar-refractivity contribution in [2.45, 2.75) is 30.3 Å². The van der Waals surface area contributed by atoms with Crippen LogP contribution in [0.5, 0.6) is 5.75 Å². The van der Waals surface area contributed by atoms with E-state index >= 15 is 0 Å². The smallest absolute Gasteiger partial charge is 0.262 e. The number of methoxy groups -OCH3 is 2. The summed E-state index contributed by atoms with van der Waals surface area (Å²) in [6.45, 7) is 2.73. The maximum absolute atomic E-state index is 13.1. The number of rotatable bonds is 9. The minimum atomic E-state index is -0.487. The lowest BCUT2D eigenvalue weighted by Gasteiger charge is -2.16. The van der Waals surface area contributed by atoms with Crippen LogP contribution in [-0.2, 0) is 16.1 Å². The van der Waals surface area contributed by atoms with Crippen LogP contribution < -0.4 is 15.6 Å². The fourth-order valence-corrected chi connectivity index (χ4v) is 4.06. The topological polar surface area (TPSA) is 82.4 Å². The molecule has 0 radical (unpaired) electrons. The number of nitrogens with one attached hydrogen (secondary N) is 1. The van der Waals surface area contributed by atoms with Crippen molar-refractivity contribution in [3.8, 4) is 5.75 Å². The van der Waals surface area contributed by atoms with Gasteiger partial charge in [-0.05, 0) is 55.8 Å². The summed E-state index contributed by atoms with van der Waals surface area (Å²) >= 11 is 7.32. The fraction of sp³-hybridized carbons (Fsp3) is 0.318. The van der Waals surface area contributed by atoms with E-state index in [4.69, 9.17) is 21.1 Å². The van der Waals surface area contributed by atoms with E-state index in [2.05, 4.69) is 10.3 Å². The van der Waals surface area contributed by atoms with Crippen molar-refractivity contribution in [3.63, 3.8) is 0 Å². The molecule has 3 rings (SSSR count). The van der Waals surface area contributed by atoms with E-state index in [1.807, 2.05) is 0 Å². The van der Waals surface area contributed by atoms with Gasteiger partial charge in [-0.15, -0.1) is 0 Å². The van der Waals surface area contributed by atoms with Gasteiger partial charge in [0, 0.05) is 31.0 Å². The van der Waals surface area contributed by atoms with Crippen LogP contribution in [-0.4, -0.2) is 41.5 Å². The first-order valence-electron chi connectivity index (χ1n) is 9.73. The molecular formula is C22H24ClN3O4S. The molecule has 1 unspecified atom stereocenters. The van der Waals surface area contributed by atoms with Gasteiger partial charge in [0.2, 0.25) is 5.91 Å².